The van der Waals surface area contributed by atoms with Gasteiger partial charge >= 0.3 is 6.09 Å². The Morgan fingerprint density at radius 3 is 2.81 bits per heavy atom. The Labute approximate surface area is 165 Å². The number of carbonyl (C=O) groups excluding carboxylic acids is 1. The zero-order chi connectivity index (χ0) is 19.0. The van der Waals surface area contributed by atoms with E-state index >= 15 is 0 Å². The van der Waals surface area contributed by atoms with Crippen molar-refractivity contribution in [2.24, 2.45) is 11.8 Å². The summed E-state index contributed by atoms with van der Waals surface area (Å²) in [4.78, 5) is 34.0. The number of rotatable bonds is 4. The fourth-order valence-electron chi connectivity index (χ4n) is 3.53. The molecule has 1 saturated heterocycles. The highest BCUT2D eigenvalue weighted by Gasteiger charge is 2.40. The molecule has 3 N–H and O–H groups in total. The molecule has 2 aromatic rings. The number of carbonyl (C=O) groups is 2. The van der Waals surface area contributed by atoms with Gasteiger partial charge in [-0.2, -0.15) is 0 Å². The van der Waals surface area contributed by atoms with Crippen molar-refractivity contribution in [2.75, 3.05) is 6.54 Å². The normalized spacial score (nSPS) is 21.3. The molecule has 0 saturated carbocycles. The minimum absolute atomic E-state index is 0.132. The maximum Gasteiger partial charge on any atom is 0.405 e. The summed E-state index contributed by atoms with van der Waals surface area (Å²) in [6.07, 6.45) is -0.375. The first-order chi connectivity index (χ1) is 12.3. The van der Waals surface area contributed by atoms with Crippen molar-refractivity contribution in [3.63, 3.8) is 0 Å². The fraction of sp³-hybridized carbons (Fsp3) is 0.500. The molecule has 2 amide bonds. The lowest BCUT2D eigenvalue weighted by molar-refractivity contribution is -0.135. The summed E-state index contributed by atoms with van der Waals surface area (Å²) in [5.74, 6) is 0.770. The highest BCUT2D eigenvalue weighted by Crippen LogP contribution is 2.35. The second kappa shape index (κ2) is 7.42. The molecule has 0 spiro atoms. The molecule has 0 bridgehead atoms. The van der Waals surface area contributed by atoms with Crippen molar-refractivity contribution in [2.45, 2.75) is 39.3 Å². The molecule has 3 atom stereocenters. The van der Waals surface area contributed by atoms with E-state index in [1.54, 1.807) is 4.90 Å². The lowest BCUT2D eigenvalue weighted by Gasteiger charge is -2.29. The molecule has 1 aliphatic rings. The number of imidazole rings is 1. The molecule has 8 heteroatoms. The zero-order valence-electron chi connectivity index (χ0n) is 15.0. The van der Waals surface area contributed by atoms with Crippen molar-refractivity contribution in [1.82, 2.24) is 20.2 Å². The molecule has 26 heavy (non-hydrogen) atoms. The van der Waals surface area contributed by atoms with Gasteiger partial charge in [-0.15, -0.1) is 0 Å². The highest BCUT2D eigenvalue weighted by atomic mass is 127. The number of halogens is 1. The summed E-state index contributed by atoms with van der Waals surface area (Å²) in [7, 11) is 0. The van der Waals surface area contributed by atoms with Crippen LogP contribution in [-0.2, 0) is 4.79 Å². The number of fused-ring (bicyclic) bond motifs is 1. The molecule has 2 heterocycles. The Hall–Kier alpha value is -1.84. The molecule has 7 nitrogen and oxygen atoms in total. The Morgan fingerprint density at radius 1 is 1.42 bits per heavy atom. The number of H-pyrrole nitrogens is 1. The van der Waals surface area contributed by atoms with Gasteiger partial charge in [-0.25, -0.2) is 9.78 Å². The van der Waals surface area contributed by atoms with Crippen LogP contribution in [0.4, 0.5) is 4.79 Å². The van der Waals surface area contributed by atoms with Gasteiger partial charge in [0.15, 0.2) is 0 Å². The van der Waals surface area contributed by atoms with Crippen molar-refractivity contribution in [1.29, 1.82) is 0 Å². The first-order valence-electron chi connectivity index (χ1n) is 8.71. The van der Waals surface area contributed by atoms with Gasteiger partial charge in [0, 0.05) is 10.1 Å². The Balaban J connectivity index is 1.91. The highest BCUT2D eigenvalue weighted by molar-refractivity contribution is 14.1. The first-order valence-corrected chi connectivity index (χ1v) is 9.79. The number of amides is 2. The largest absolute Gasteiger partial charge is 0.465 e. The molecule has 1 aromatic carbocycles. The minimum Gasteiger partial charge on any atom is -0.465 e. The molecule has 1 aliphatic heterocycles. The van der Waals surface area contributed by atoms with Gasteiger partial charge in [0.25, 0.3) is 0 Å². The summed E-state index contributed by atoms with van der Waals surface area (Å²) >= 11 is 2.25. The summed E-state index contributed by atoms with van der Waals surface area (Å²) < 4.78 is 1.11. The van der Waals surface area contributed by atoms with E-state index in [1.807, 2.05) is 32.0 Å². The molecule has 0 aliphatic carbocycles. The van der Waals surface area contributed by atoms with E-state index in [4.69, 9.17) is 5.11 Å². The smallest absolute Gasteiger partial charge is 0.405 e. The lowest BCUT2D eigenvalue weighted by atomic mass is 10.0. The number of aromatic nitrogens is 2. The predicted molar refractivity (Wildman–Crippen MR) is 107 cm³/mol. The van der Waals surface area contributed by atoms with Crippen LogP contribution in [0.1, 0.15) is 39.1 Å². The third-order valence-electron chi connectivity index (χ3n) is 4.78. The average Bonchev–Trinajstić information content (AvgIpc) is 3.14. The molecule has 1 fully saturated rings. The van der Waals surface area contributed by atoms with Crippen LogP contribution in [0.25, 0.3) is 11.0 Å². The van der Waals surface area contributed by atoms with E-state index < -0.39 is 12.1 Å². The second-order valence-corrected chi connectivity index (χ2v) is 8.55. The van der Waals surface area contributed by atoms with Gasteiger partial charge < -0.3 is 20.3 Å². The number of hydrogen-bond acceptors (Lipinski definition) is 3. The number of carboxylic acid groups (broad SMARTS) is 1. The molecule has 1 aromatic heterocycles. The van der Waals surface area contributed by atoms with Gasteiger partial charge in [0.05, 0.1) is 17.1 Å². The predicted octanol–water partition coefficient (Wildman–Crippen LogP) is 3.37. The third-order valence-corrected chi connectivity index (χ3v) is 5.45. The van der Waals surface area contributed by atoms with E-state index in [0.29, 0.717) is 12.5 Å². The SMILES string of the molecule is CC(C)C(NC(=O)O)C(=O)N1C[C@@H](C)C[C@H]1c1nc2ccc(I)cc2[nH]1. The number of aromatic amines is 1. The molecular weight excluding hydrogens is 447 g/mol. The number of hydrogen-bond donors (Lipinski definition) is 3. The quantitative estimate of drug-likeness (QED) is 0.597. The van der Waals surface area contributed by atoms with Crippen LogP contribution >= 0.6 is 22.6 Å². The van der Waals surface area contributed by atoms with Crippen molar-refractivity contribution in [3.05, 3.63) is 27.6 Å². The molecule has 1 unspecified atom stereocenters. The van der Waals surface area contributed by atoms with Gasteiger partial charge in [-0.3, -0.25) is 4.79 Å². The number of likely N-dealkylation sites (tertiary alicyclic amines) is 1. The van der Waals surface area contributed by atoms with Gasteiger partial charge in [-0.1, -0.05) is 20.8 Å². The number of nitrogens with zero attached hydrogens (tertiary/aromatic N) is 2. The van der Waals surface area contributed by atoms with E-state index in [9.17, 15) is 9.59 Å². The Morgan fingerprint density at radius 2 is 2.15 bits per heavy atom. The molecule has 140 valence electrons. The van der Waals surface area contributed by atoms with Crippen LogP contribution in [0.2, 0.25) is 0 Å². The summed E-state index contributed by atoms with van der Waals surface area (Å²) in [5.41, 5.74) is 1.82. The Kier molecular flexibility index (Phi) is 5.40. The topological polar surface area (TPSA) is 98.3 Å². The minimum atomic E-state index is -1.18. The maximum absolute atomic E-state index is 13.1. The zero-order valence-corrected chi connectivity index (χ0v) is 17.1. The van der Waals surface area contributed by atoms with Crippen LogP contribution in [0.15, 0.2) is 18.2 Å². The summed E-state index contributed by atoms with van der Waals surface area (Å²) in [6.45, 7) is 6.38. The van der Waals surface area contributed by atoms with Crippen molar-refractivity contribution in [3.8, 4) is 0 Å². The first kappa shape index (κ1) is 18.9. The number of benzene rings is 1. The molecule has 3 rings (SSSR count). The molecule has 0 radical (unpaired) electrons. The molecular formula is C18H23IN4O3. The maximum atomic E-state index is 13.1. The van der Waals surface area contributed by atoms with Gasteiger partial charge in [-0.05, 0) is 59.0 Å². The fourth-order valence-corrected chi connectivity index (χ4v) is 4.02. The monoisotopic (exact) mass is 470 g/mol. The summed E-state index contributed by atoms with van der Waals surface area (Å²) in [5, 5.41) is 11.5. The van der Waals surface area contributed by atoms with E-state index in [2.05, 4.69) is 44.8 Å². The van der Waals surface area contributed by atoms with Crippen LogP contribution in [0.5, 0.6) is 0 Å². The van der Waals surface area contributed by atoms with Crippen LogP contribution in [0.3, 0.4) is 0 Å². The van der Waals surface area contributed by atoms with Gasteiger partial charge in [0.2, 0.25) is 5.91 Å². The third kappa shape index (κ3) is 3.79. The standard InChI is InChI=1S/C18H23IN4O3/c1-9(2)15(22-18(25)26)17(24)23-8-10(3)6-14(23)16-20-12-5-4-11(19)7-13(12)21-16/h4-5,7,9-10,14-15,22H,6,8H2,1-3H3,(H,20,21)(H,25,26)/t10-,14-,15?/m0/s1. The Bertz CT molecular complexity index is 835. The van der Waals surface area contributed by atoms with E-state index in [-0.39, 0.29) is 17.9 Å². The van der Waals surface area contributed by atoms with Crippen molar-refractivity contribution < 1.29 is 14.7 Å². The lowest BCUT2D eigenvalue weighted by Crippen LogP contribution is -2.50. The number of nitrogens with one attached hydrogen (secondary N) is 2. The van der Waals surface area contributed by atoms with Gasteiger partial charge in [0.1, 0.15) is 11.9 Å². The van der Waals surface area contributed by atoms with Crippen LogP contribution < -0.4 is 5.32 Å². The van der Waals surface area contributed by atoms with Crippen LogP contribution in [-0.4, -0.2) is 44.6 Å². The van der Waals surface area contributed by atoms with Crippen LogP contribution in [0, 0.1) is 15.4 Å². The van der Waals surface area contributed by atoms with E-state index in [1.165, 1.54) is 0 Å². The van der Waals surface area contributed by atoms with Crippen molar-refractivity contribution >= 4 is 45.6 Å². The van der Waals surface area contributed by atoms with E-state index in [0.717, 1.165) is 26.8 Å². The average molecular weight is 470 g/mol. The summed E-state index contributed by atoms with van der Waals surface area (Å²) in [6, 6.07) is 5.06. The second-order valence-electron chi connectivity index (χ2n) is 7.30.